The number of anilines is 2. The van der Waals surface area contributed by atoms with Gasteiger partial charge in [-0.1, -0.05) is 11.3 Å². The summed E-state index contributed by atoms with van der Waals surface area (Å²) >= 11 is 1.39. The van der Waals surface area contributed by atoms with E-state index in [-0.39, 0.29) is 5.91 Å². The first-order valence-corrected chi connectivity index (χ1v) is 7.66. The minimum Gasteiger partial charge on any atom is -0.382 e. The Morgan fingerprint density at radius 1 is 1.25 bits per heavy atom. The van der Waals surface area contributed by atoms with Gasteiger partial charge < -0.3 is 25.6 Å². The number of aromatic nitrogens is 1. The first-order chi connectivity index (χ1) is 9.75. The molecule has 20 heavy (non-hydrogen) atoms. The Morgan fingerprint density at radius 3 is 2.65 bits per heavy atom. The second-order valence-electron chi connectivity index (χ2n) is 4.85. The molecule has 2 fully saturated rings. The van der Waals surface area contributed by atoms with Gasteiger partial charge in [0.25, 0.3) is 5.91 Å². The number of ether oxygens (including phenoxy) is 1. The molecule has 3 rings (SSSR count). The lowest BCUT2D eigenvalue weighted by Crippen LogP contribution is -2.46. The number of nitrogens with one attached hydrogen (secondary N) is 1. The molecule has 0 unspecified atom stereocenters. The summed E-state index contributed by atoms with van der Waals surface area (Å²) < 4.78 is 5.32. The molecule has 1 aromatic rings. The Kier molecular flexibility index (Phi) is 4.04. The normalized spacial score (nSPS) is 20.2. The molecule has 0 aliphatic carbocycles. The zero-order valence-electron chi connectivity index (χ0n) is 11.3. The van der Waals surface area contributed by atoms with Crippen molar-refractivity contribution in [2.24, 2.45) is 0 Å². The minimum absolute atomic E-state index is 0.000935. The Labute approximate surface area is 121 Å². The fraction of sp³-hybridized carbons (Fsp3) is 0.667. The van der Waals surface area contributed by atoms with E-state index in [4.69, 9.17) is 10.5 Å². The standard InChI is InChI=1S/C12H19N5O2S/c13-10-9(11(18)16-3-1-14-2-4-16)20-12(15-10)17-5-7-19-8-6-17/h14H,1-8,13H2. The Morgan fingerprint density at radius 2 is 1.95 bits per heavy atom. The van der Waals surface area contributed by atoms with Crippen LogP contribution in [0.4, 0.5) is 10.9 Å². The van der Waals surface area contributed by atoms with Crippen molar-refractivity contribution < 1.29 is 9.53 Å². The van der Waals surface area contributed by atoms with Crippen molar-refractivity contribution in [3.63, 3.8) is 0 Å². The summed E-state index contributed by atoms with van der Waals surface area (Å²) in [5, 5.41) is 4.06. The maximum atomic E-state index is 12.5. The molecule has 2 aliphatic rings. The smallest absolute Gasteiger partial charge is 0.267 e. The molecule has 0 bridgehead atoms. The number of nitrogens with zero attached hydrogens (tertiary/aromatic N) is 3. The van der Waals surface area contributed by atoms with Crippen LogP contribution in [0.5, 0.6) is 0 Å². The summed E-state index contributed by atoms with van der Waals surface area (Å²) in [6.45, 7) is 6.11. The SMILES string of the molecule is Nc1nc(N2CCOCC2)sc1C(=O)N1CCNCC1. The van der Waals surface area contributed by atoms with E-state index in [0.717, 1.165) is 44.4 Å². The molecule has 0 atom stereocenters. The van der Waals surface area contributed by atoms with Gasteiger partial charge in [-0.15, -0.1) is 0 Å². The Hall–Kier alpha value is -1.38. The molecular formula is C12H19N5O2S. The molecule has 1 aromatic heterocycles. The van der Waals surface area contributed by atoms with Crippen molar-refractivity contribution >= 4 is 28.2 Å². The fourth-order valence-electron chi connectivity index (χ4n) is 2.37. The molecule has 3 heterocycles. The van der Waals surface area contributed by atoms with Crippen LogP contribution in [0.2, 0.25) is 0 Å². The van der Waals surface area contributed by atoms with Gasteiger partial charge >= 0.3 is 0 Å². The van der Waals surface area contributed by atoms with Crippen molar-refractivity contribution in [1.82, 2.24) is 15.2 Å². The first-order valence-electron chi connectivity index (χ1n) is 6.84. The molecule has 2 aliphatic heterocycles. The third-order valence-electron chi connectivity index (χ3n) is 3.52. The van der Waals surface area contributed by atoms with E-state index in [1.807, 2.05) is 4.90 Å². The number of nitrogens with two attached hydrogens (primary N) is 1. The van der Waals surface area contributed by atoms with Crippen LogP contribution >= 0.6 is 11.3 Å². The summed E-state index contributed by atoms with van der Waals surface area (Å²) in [4.78, 5) is 21.3. The van der Waals surface area contributed by atoms with E-state index in [1.54, 1.807) is 0 Å². The molecule has 0 spiro atoms. The van der Waals surface area contributed by atoms with Gasteiger partial charge in [0, 0.05) is 39.3 Å². The van der Waals surface area contributed by atoms with Crippen LogP contribution in [0.3, 0.4) is 0 Å². The molecule has 0 saturated carbocycles. The number of hydrogen-bond acceptors (Lipinski definition) is 7. The number of thiazole rings is 1. The Bertz CT molecular complexity index is 480. The van der Waals surface area contributed by atoms with Crippen LogP contribution in [-0.4, -0.2) is 68.3 Å². The van der Waals surface area contributed by atoms with Crippen LogP contribution in [0.25, 0.3) is 0 Å². The van der Waals surface area contributed by atoms with Crippen molar-refractivity contribution in [2.75, 3.05) is 63.1 Å². The highest BCUT2D eigenvalue weighted by Crippen LogP contribution is 2.29. The van der Waals surface area contributed by atoms with Crippen molar-refractivity contribution in [1.29, 1.82) is 0 Å². The summed E-state index contributed by atoms with van der Waals surface area (Å²) in [5.74, 6) is 0.348. The first kappa shape index (κ1) is 13.6. The molecular weight excluding hydrogens is 278 g/mol. The van der Waals surface area contributed by atoms with Gasteiger partial charge in [-0.05, 0) is 0 Å². The van der Waals surface area contributed by atoms with Crippen LogP contribution < -0.4 is 16.0 Å². The summed E-state index contributed by atoms with van der Waals surface area (Å²) in [5.41, 5.74) is 5.93. The van der Waals surface area contributed by atoms with Crippen LogP contribution in [0.15, 0.2) is 0 Å². The largest absolute Gasteiger partial charge is 0.382 e. The van der Waals surface area contributed by atoms with Crippen LogP contribution in [0.1, 0.15) is 9.67 Å². The van der Waals surface area contributed by atoms with Crippen molar-refractivity contribution in [3.8, 4) is 0 Å². The number of nitrogen functional groups attached to an aromatic ring is 1. The van der Waals surface area contributed by atoms with Gasteiger partial charge in [-0.3, -0.25) is 4.79 Å². The van der Waals surface area contributed by atoms with E-state index in [9.17, 15) is 4.79 Å². The number of amides is 1. The van der Waals surface area contributed by atoms with Crippen LogP contribution in [0, 0.1) is 0 Å². The number of hydrogen-bond donors (Lipinski definition) is 2. The van der Waals surface area contributed by atoms with Gasteiger partial charge in [-0.25, -0.2) is 4.98 Å². The van der Waals surface area contributed by atoms with E-state index < -0.39 is 0 Å². The monoisotopic (exact) mass is 297 g/mol. The van der Waals surface area contributed by atoms with Gasteiger partial charge in [0.15, 0.2) is 5.13 Å². The third-order valence-corrected chi connectivity index (χ3v) is 4.64. The van der Waals surface area contributed by atoms with Gasteiger partial charge in [0.2, 0.25) is 0 Å². The predicted molar refractivity (Wildman–Crippen MR) is 78.3 cm³/mol. The maximum Gasteiger partial charge on any atom is 0.267 e. The maximum absolute atomic E-state index is 12.5. The molecule has 0 aromatic carbocycles. The highest BCUT2D eigenvalue weighted by atomic mass is 32.1. The molecule has 7 nitrogen and oxygen atoms in total. The van der Waals surface area contributed by atoms with E-state index in [1.165, 1.54) is 11.3 Å². The number of piperazine rings is 1. The minimum atomic E-state index is 0.000935. The number of carbonyl (C=O) groups excluding carboxylic acids is 1. The second kappa shape index (κ2) is 5.94. The van der Waals surface area contributed by atoms with E-state index >= 15 is 0 Å². The van der Waals surface area contributed by atoms with Gasteiger partial charge in [0.05, 0.1) is 13.2 Å². The highest BCUT2D eigenvalue weighted by Gasteiger charge is 2.25. The van der Waals surface area contributed by atoms with Gasteiger partial charge in [0.1, 0.15) is 10.7 Å². The molecule has 3 N–H and O–H groups in total. The highest BCUT2D eigenvalue weighted by molar-refractivity contribution is 7.18. The van der Waals surface area contributed by atoms with Crippen molar-refractivity contribution in [2.45, 2.75) is 0 Å². The van der Waals surface area contributed by atoms with E-state index in [2.05, 4.69) is 15.2 Å². The quantitative estimate of drug-likeness (QED) is 0.773. The summed E-state index contributed by atoms with van der Waals surface area (Å²) in [6.07, 6.45) is 0. The molecule has 110 valence electrons. The lowest BCUT2D eigenvalue weighted by Gasteiger charge is -2.27. The average molecular weight is 297 g/mol. The van der Waals surface area contributed by atoms with Crippen molar-refractivity contribution in [3.05, 3.63) is 4.88 Å². The topological polar surface area (TPSA) is 83.7 Å². The summed E-state index contributed by atoms with van der Waals surface area (Å²) in [7, 11) is 0. The molecule has 0 radical (unpaired) electrons. The number of morpholine rings is 1. The lowest BCUT2D eigenvalue weighted by atomic mass is 10.3. The lowest BCUT2D eigenvalue weighted by molar-refractivity contribution is 0.0741. The molecule has 8 heteroatoms. The summed E-state index contributed by atoms with van der Waals surface area (Å²) in [6, 6.07) is 0. The number of carbonyl (C=O) groups is 1. The fourth-order valence-corrected chi connectivity index (χ4v) is 3.38. The average Bonchev–Trinajstić information content (AvgIpc) is 2.90. The van der Waals surface area contributed by atoms with E-state index in [0.29, 0.717) is 23.9 Å². The number of rotatable bonds is 2. The second-order valence-corrected chi connectivity index (χ2v) is 5.83. The zero-order chi connectivity index (χ0) is 13.9. The zero-order valence-corrected chi connectivity index (χ0v) is 12.1. The molecule has 1 amide bonds. The Balaban J connectivity index is 1.75. The van der Waals surface area contributed by atoms with Crippen LogP contribution in [-0.2, 0) is 4.74 Å². The predicted octanol–water partition coefficient (Wildman–Crippen LogP) is -0.393. The third kappa shape index (κ3) is 2.72. The van der Waals surface area contributed by atoms with Gasteiger partial charge in [-0.2, -0.15) is 0 Å². The molecule has 2 saturated heterocycles.